The summed E-state index contributed by atoms with van der Waals surface area (Å²) in [5.74, 6) is 2.07. The maximum atomic E-state index is 12.8. The first kappa shape index (κ1) is 19.6. The zero-order chi connectivity index (χ0) is 21.2. The summed E-state index contributed by atoms with van der Waals surface area (Å²) >= 11 is 6.67. The van der Waals surface area contributed by atoms with Gasteiger partial charge in [0.25, 0.3) is 5.91 Å². The Kier molecular flexibility index (Phi) is 5.31. The molecule has 31 heavy (non-hydrogen) atoms. The molecule has 3 heterocycles. The first-order valence-electron chi connectivity index (χ1n) is 9.47. The number of hydrogen-bond acceptors (Lipinski definition) is 7. The number of rotatable bonds is 5. The van der Waals surface area contributed by atoms with Crippen LogP contribution in [0.1, 0.15) is 11.1 Å². The Hall–Kier alpha value is -3.36. The largest absolute Gasteiger partial charge is 0.489 e. The van der Waals surface area contributed by atoms with Gasteiger partial charge in [0.05, 0.1) is 16.8 Å². The van der Waals surface area contributed by atoms with Gasteiger partial charge in [0, 0.05) is 6.20 Å². The van der Waals surface area contributed by atoms with Crippen molar-refractivity contribution in [2.24, 2.45) is 0 Å². The van der Waals surface area contributed by atoms with Gasteiger partial charge < -0.3 is 14.2 Å². The minimum Gasteiger partial charge on any atom is -0.489 e. The van der Waals surface area contributed by atoms with Crippen LogP contribution in [-0.4, -0.2) is 22.0 Å². The highest BCUT2D eigenvalue weighted by molar-refractivity contribution is 8.27. The predicted molar refractivity (Wildman–Crippen MR) is 123 cm³/mol. The minimum absolute atomic E-state index is 0.147. The fourth-order valence-electron chi connectivity index (χ4n) is 3.19. The summed E-state index contributed by atoms with van der Waals surface area (Å²) in [6.07, 6.45) is 5.12. The van der Waals surface area contributed by atoms with Crippen molar-refractivity contribution in [3.05, 3.63) is 83.0 Å². The number of anilines is 1. The number of carbonyl (C=O) groups is 1. The molecular formula is C23H16N2O4S2. The average molecular weight is 449 g/mol. The number of hydrogen-bond donors (Lipinski definition) is 0. The maximum Gasteiger partial charge on any atom is 0.270 e. The van der Waals surface area contributed by atoms with Crippen LogP contribution in [0.5, 0.6) is 17.2 Å². The van der Waals surface area contributed by atoms with Crippen molar-refractivity contribution in [1.82, 2.24) is 4.98 Å². The lowest BCUT2D eigenvalue weighted by Gasteiger charge is -2.13. The molecule has 0 atom stereocenters. The number of carbonyl (C=O) groups excluding carboxylic acids is 1. The Morgan fingerprint density at radius 1 is 1.13 bits per heavy atom. The number of thioether (sulfide) groups is 1. The highest BCUT2D eigenvalue weighted by Gasteiger charge is 2.33. The topological polar surface area (TPSA) is 60.9 Å². The Morgan fingerprint density at radius 2 is 1.97 bits per heavy atom. The number of aromatic nitrogens is 1. The molecule has 0 radical (unpaired) electrons. The highest BCUT2D eigenvalue weighted by atomic mass is 32.2. The highest BCUT2D eigenvalue weighted by Crippen LogP contribution is 2.36. The first-order chi connectivity index (χ1) is 15.2. The Balaban J connectivity index is 1.25. The molecule has 3 aromatic rings. The van der Waals surface area contributed by atoms with Crippen LogP contribution >= 0.6 is 24.0 Å². The zero-order valence-electron chi connectivity index (χ0n) is 16.2. The number of amides is 1. The van der Waals surface area contributed by atoms with Crippen LogP contribution in [0, 0.1) is 0 Å². The Labute approximate surface area is 188 Å². The molecule has 6 nitrogen and oxygen atoms in total. The van der Waals surface area contributed by atoms with E-state index >= 15 is 0 Å². The van der Waals surface area contributed by atoms with E-state index in [0.717, 1.165) is 28.4 Å². The molecule has 2 aliphatic heterocycles. The molecular weight excluding hydrogens is 432 g/mol. The summed E-state index contributed by atoms with van der Waals surface area (Å²) in [5, 5.41) is 0. The van der Waals surface area contributed by atoms with Crippen molar-refractivity contribution >= 4 is 46.0 Å². The zero-order valence-corrected chi connectivity index (χ0v) is 17.8. The van der Waals surface area contributed by atoms with Crippen molar-refractivity contribution in [1.29, 1.82) is 0 Å². The van der Waals surface area contributed by atoms with Gasteiger partial charge in [0.1, 0.15) is 12.4 Å². The van der Waals surface area contributed by atoms with Crippen molar-refractivity contribution in [3.63, 3.8) is 0 Å². The summed E-state index contributed by atoms with van der Waals surface area (Å²) in [6, 6.07) is 16.9. The number of thiocarbonyl (C=S) groups is 1. The quantitative estimate of drug-likeness (QED) is 0.411. The van der Waals surface area contributed by atoms with Crippen molar-refractivity contribution < 1.29 is 19.0 Å². The predicted octanol–water partition coefficient (Wildman–Crippen LogP) is 4.80. The molecule has 5 rings (SSSR count). The lowest BCUT2D eigenvalue weighted by molar-refractivity contribution is -0.113. The number of nitrogens with zero attached hydrogens (tertiary/aromatic N) is 2. The van der Waals surface area contributed by atoms with Gasteiger partial charge in [-0.3, -0.25) is 14.7 Å². The van der Waals surface area contributed by atoms with Crippen LogP contribution in [0.4, 0.5) is 5.69 Å². The average Bonchev–Trinajstić information content (AvgIpc) is 3.37. The van der Waals surface area contributed by atoms with E-state index in [1.807, 2.05) is 54.6 Å². The van der Waals surface area contributed by atoms with Crippen molar-refractivity contribution in [2.45, 2.75) is 6.61 Å². The molecule has 8 heteroatoms. The van der Waals surface area contributed by atoms with E-state index in [1.165, 1.54) is 16.7 Å². The summed E-state index contributed by atoms with van der Waals surface area (Å²) in [4.78, 5) is 18.9. The van der Waals surface area contributed by atoms with Crippen LogP contribution in [0.3, 0.4) is 0 Å². The van der Waals surface area contributed by atoms with Crippen molar-refractivity contribution in [3.8, 4) is 17.2 Å². The smallest absolute Gasteiger partial charge is 0.270 e. The van der Waals surface area contributed by atoms with E-state index < -0.39 is 0 Å². The number of pyridine rings is 1. The monoisotopic (exact) mass is 448 g/mol. The van der Waals surface area contributed by atoms with Gasteiger partial charge in [-0.2, -0.15) is 0 Å². The maximum absolute atomic E-state index is 12.8. The molecule has 0 spiro atoms. The third kappa shape index (κ3) is 4.12. The minimum atomic E-state index is -0.147. The molecule has 0 unspecified atom stereocenters. The van der Waals surface area contributed by atoms with Gasteiger partial charge in [-0.1, -0.05) is 42.2 Å². The van der Waals surface area contributed by atoms with Gasteiger partial charge in [0.15, 0.2) is 15.8 Å². The van der Waals surface area contributed by atoms with Crippen LogP contribution in [0.15, 0.2) is 71.9 Å². The Bertz CT molecular complexity index is 1180. The molecule has 0 N–H and O–H groups in total. The molecule has 0 bridgehead atoms. The summed E-state index contributed by atoms with van der Waals surface area (Å²) in [7, 11) is 0. The summed E-state index contributed by atoms with van der Waals surface area (Å²) in [5.41, 5.74) is 2.55. The normalized spacial score (nSPS) is 16.3. The third-order valence-electron chi connectivity index (χ3n) is 4.72. The molecule has 1 aromatic heterocycles. The second-order valence-corrected chi connectivity index (χ2v) is 8.45. The molecule has 1 saturated heterocycles. The molecule has 0 saturated carbocycles. The molecule has 1 amide bonds. The molecule has 0 aliphatic carbocycles. The number of ether oxygens (including phenoxy) is 3. The van der Waals surface area contributed by atoms with Gasteiger partial charge in [-0.05, 0) is 53.6 Å². The fraction of sp³-hybridized carbons (Fsp3) is 0.0870. The number of benzene rings is 2. The molecule has 2 aliphatic rings. The van der Waals surface area contributed by atoms with Crippen LogP contribution in [0.25, 0.3) is 6.08 Å². The molecule has 2 aromatic carbocycles. The third-order valence-corrected chi connectivity index (χ3v) is 6.02. The van der Waals surface area contributed by atoms with Gasteiger partial charge in [-0.25, -0.2) is 0 Å². The lowest BCUT2D eigenvalue weighted by atomic mass is 10.2. The lowest BCUT2D eigenvalue weighted by Crippen LogP contribution is -2.27. The van der Waals surface area contributed by atoms with E-state index in [-0.39, 0.29) is 12.7 Å². The second kappa shape index (κ2) is 8.41. The van der Waals surface area contributed by atoms with Gasteiger partial charge in [0.2, 0.25) is 6.79 Å². The van der Waals surface area contributed by atoms with Crippen molar-refractivity contribution in [2.75, 3.05) is 11.7 Å². The van der Waals surface area contributed by atoms with Gasteiger partial charge in [-0.15, -0.1) is 0 Å². The molecule has 1 fully saturated rings. The standard InChI is InChI=1S/C23H16N2O4S2/c26-22-21(31-23(30)25(22)17-2-1-9-24-12-17)11-15-3-6-18(7-4-15)27-13-16-5-8-19-20(10-16)29-14-28-19/h1-12H,13-14H2. The van der Waals surface area contributed by atoms with E-state index in [1.54, 1.807) is 18.5 Å². The summed E-state index contributed by atoms with van der Waals surface area (Å²) in [6.45, 7) is 0.669. The van der Waals surface area contributed by atoms with Gasteiger partial charge >= 0.3 is 0 Å². The van der Waals surface area contributed by atoms with Crippen LogP contribution < -0.4 is 19.1 Å². The Morgan fingerprint density at radius 3 is 2.77 bits per heavy atom. The SMILES string of the molecule is O=C1C(=Cc2ccc(OCc3ccc4c(c3)OCO4)cc2)SC(=S)N1c1cccnc1. The summed E-state index contributed by atoms with van der Waals surface area (Å²) < 4.78 is 17.1. The number of fused-ring (bicyclic) bond motifs is 1. The van der Waals surface area contributed by atoms with E-state index in [9.17, 15) is 4.79 Å². The van der Waals surface area contributed by atoms with Crippen LogP contribution in [-0.2, 0) is 11.4 Å². The van der Waals surface area contributed by atoms with E-state index in [4.69, 9.17) is 26.4 Å². The second-order valence-electron chi connectivity index (χ2n) is 6.77. The van der Waals surface area contributed by atoms with E-state index in [2.05, 4.69) is 4.98 Å². The fourth-order valence-corrected chi connectivity index (χ4v) is 4.48. The van der Waals surface area contributed by atoms with Crippen LogP contribution in [0.2, 0.25) is 0 Å². The molecule has 154 valence electrons. The van der Waals surface area contributed by atoms with E-state index in [0.29, 0.717) is 21.5 Å². The first-order valence-corrected chi connectivity index (χ1v) is 10.7.